The van der Waals surface area contributed by atoms with Crippen molar-refractivity contribution in [1.82, 2.24) is 16.0 Å². The highest BCUT2D eigenvalue weighted by molar-refractivity contribution is 5.96. The zero-order valence-corrected chi connectivity index (χ0v) is 18.2. The lowest BCUT2D eigenvalue weighted by atomic mass is 9.98. The number of benzene rings is 1. The number of primary amides is 1. The van der Waals surface area contributed by atoms with Crippen LogP contribution in [-0.4, -0.2) is 59.4 Å². The number of carbonyl (C=O) groups is 5. The number of nitrogens with one attached hydrogen (secondary N) is 3. The number of hydrogen-bond acceptors (Lipinski definition) is 6. The van der Waals surface area contributed by atoms with Gasteiger partial charge in [0.25, 0.3) is 0 Å². The number of amides is 4. The van der Waals surface area contributed by atoms with Gasteiger partial charge in [-0.05, 0) is 11.5 Å². The maximum atomic E-state index is 12.8. The molecule has 0 spiro atoms. The molecule has 4 atom stereocenters. The van der Waals surface area contributed by atoms with E-state index in [1.807, 2.05) is 6.92 Å². The van der Waals surface area contributed by atoms with Gasteiger partial charge in [0.05, 0.1) is 12.5 Å². The minimum absolute atomic E-state index is 0.0572. The molecule has 0 aliphatic heterocycles. The molecule has 4 amide bonds. The van der Waals surface area contributed by atoms with Crippen LogP contribution in [0, 0.1) is 5.92 Å². The Kier molecular flexibility index (Phi) is 10.8. The minimum atomic E-state index is -1.35. The molecule has 4 unspecified atom stereocenters. The summed E-state index contributed by atoms with van der Waals surface area (Å²) < 4.78 is 0. The third kappa shape index (κ3) is 9.13. The Morgan fingerprint density at radius 2 is 1.56 bits per heavy atom. The molecule has 11 heteroatoms. The second-order valence-electron chi connectivity index (χ2n) is 7.51. The molecule has 0 radical (unpaired) electrons. The third-order valence-corrected chi connectivity index (χ3v) is 4.93. The maximum absolute atomic E-state index is 12.8. The van der Waals surface area contributed by atoms with Gasteiger partial charge in [-0.25, -0.2) is 0 Å². The standard InChI is InChI=1S/C21H31N5O6/c1-3-12(2)18(23)21(32)26-15(10-16(22)27)20(31)25-14(19(30)24-11-17(28)29)9-13-7-5-4-6-8-13/h4-8,12,14-15,18H,3,9-11,23H2,1-2H3,(H2,22,27)(H,24,30)(H,25,31)(H,26,32)(H,28,29). The Labute approximate surface area is 186 Å². The summed E-state index contributed by atoms with van der Waals surface area (Å²) in [5.74, 6) is -4.43. The quantitative estimate of drug-likeness (QED) is 0.214. The number of hydrogen-bond donors (Lipinski definition) is 6. The summed E-state index contributed by atoms with van der Waals surface area (Å²) in [7, 11) is 0. The molecule has 0 saturated carbocycles. The number of aliphatic carboxylic acids is 1. The molecule has 32 heavy (non-hydrogen) atoms. The van der Waals surface area contributed by atoms with E-state index < -0.39 is 60.7 Å². The SMILES string of the molecule is CCC(C)C(N)C(=O)NC(CC(N)=O)C(=O)NC(Cc1ccccc1)C(=O)NCC(=O)O. The number of rotatable bonds is 13. The molecule has 8 N–H and O–H groups in total. The average Bonchev–Trinajstić information content (AvgIpc) is 2.75. The van der Waals surface area contributed by atoms with Crippen molar-refractivity contribution < 1.29 is 29.1 Å². The first-order chi connectivity index (χ1) is 15.0. The Hall–Kier alpha value is -3.47. The van der Waals surface area contributed by atoms with Gasteiger partial charge in [0.2, 0.25) is 23.6 Å². The van der Waals surface area contributed by atoms with Crippen LogP contribution in [0.5, 0.6) is 0 Å². The zero-order chi connectivity index (χ0) is 24.3. The number of carbonyl (C=O) groups excluding carboxylic acids is 4. The van der Waals surface area contributed by atoms with Gasteiger partial charge in [0.15, 0.2) is 0 Å². The van der Waals surface area contributed by atoms with E-state index in [0.29, 0.717) is 12.0 Å². The molecule has 0 aromatic heterocycles. The van der Waals surface area contributed by atoms with Crippen molar-refractivity contribution in [3.8, 4) is 0 Å². The number of carboxylic acid groups (broad SMARTS) is 1. The lowest BCUT2D eigenvalue weighted by Crippen LogP contribution is -2.57. The van der Waals surface area contributed by atoms with Crippen molar-refractivity contribution in [2.45, 2.75) is 51.2 Å². The molecule has 1 aromatic carbocycles. The molecule has 0 fully saturated rings. The predicted octanol–water partition coefficient (Wildman–Crippen LogP) is -1.35. The fraction of sp³-hybridized carbons (Fsp3) is 0.476. The van der Waals surface area contributed by atoms with Gasteiger partial charge in [0.1, 0.15) is 18.6 Å². The van der Waals surface area contributed by atoms with Gasteiger partial charge in [-0.15, -0.1) is 0 Å². The average molecular weight is 450 g/mol. The molecule has 0 aliphatic rings. The van der Waals surface area contributed by atoms with Crippen LogP contribution in [-0.2, 0) is 30.4 Å². The van der Waals surface area contributed by atoms with Gasteiger partial charge in [0, 0.05) is 6.42 Å². The van der Waals surface area contributed by atoms with Crippen LogP contribution in [0.15, 0.2) is 30.3 Å². The van der Waals surface area contributed by atoms with E-state index in [0.717, 1.165) is 0 Å². The van der Waals surface area contributed by atoms with Crippen LogP contribution in [0.1, 0.15) is 32.3 Å². The van der Waals surface area contributed by atoms with Crippen molar-refractivity contribution in [2.24, 2.45) is 17.4 Å². The fourth-order valence-electron chi connectivity index (χ4n) is 2.81. The van der Waals surface area contributed by atoms with Crippen molar-refractivity contribution >= 4 is 29.6 Å². The van der Waals surface area contributed by atoms with Gasteiger partial charge in [-0.1, -0.05) is 50.6 Å². The summed E-state index contributed by atoms with van der Waals surface area (Å²) in [4.78, 5) is 60.0. The van der Waals surface area contributed by atoms with Gasteiger partial charge in [-0.2, -0.15) is 0 Å². The third-order valence-electron chi connectivity index (χ3n) is 4.93. The molecule has 0 saturated heterocycles. The van der Waals surface area contributed by atoms with Gasteiger partial charge >= 0.3 is 5.97 Å². The second kappa shape index (κ2) is 13.1. The monoisotopic (exact) mass is 449 g/mol. The summed E-state index contributed by atoms with van der Waals surface area (Å²) in [6.07, 6.45) is 0.186. The second-order valence-corrected chi connectivity index (χ2v) is 7.51. The lowest BCUT2D eigenvalue weighted by Gasteiger charge is -2.25. The van der Waals surface area contributed by atoms with Crippen LogP contribution >= 0.6 is 0 Å². The van der Waals surface area contributed by atoms with Crippen LogP contribution < -0.4 is 27.4 Å². The van der Waals surface area contributed by atoms with Crippen LogP contribution in [0.25, 0.3) is 0 Å². The number of nitrogens with two attached hydrogens (primary N) is 2. The lowest BCUT2D eigenvalue weighted by molar-refractivity contribution is -0.138. The van der Waals surface area contributed by atoms with E-state index in [9.17, 15) is 24.0 Å². The molecule has 0 bridgehead atoms. The topological polar surface area (TPSA) is 194 Å². The van der Waals surface area contributed by atoms with Crippen LogP contribution in [0.4, 0.5) is 0 Å². The predicted molar refractivity (Wildman–Crippen MR) is 116 cm³/mol. The summed E-state index contributed by atoms with van der Waals surface area (Å²) in [6, 6.07) is 5.34. The Bertz CT molecular complexity index is 816. The van der Waals surface area contributed by atoms with E-state index in [2.05, 4.69) is 16.0 Å². The summed E-state index contributed by atoms with van der Waals surface area (Å²) in [6.45, 7) is 3.00. The summed E-state index contributed by atoms with van der Waals surface area (Å²) >= 11 is 0. The van der Waals surface area contributed by atoms with E-state index in [1.54, 1.807) is 37.3 Å². The molecule has 0 aliphatic carbocycles. The Morgan fingerprint density at radius 3 is 2.09 bits per heavy atom. The highest BCUT2D eigenvalue weighted by Gasteiger charge is 2.30. The van der Waals surface area contributed by atoms with E-state index in [4.69, 9.17) is 16.6 Å². The van der Waals surface area contributed by atoms with Gasteiger partial charge in [-0.3, -0.25) is 24.0 Å². The highest BCUT2D eigenvalue weighted by Crippen LogP contribution is 2.07. The van der Waals surface area contributed by atoms with E-state index in [1.165, 1.54) is 0 Å². The van der Waals surface area contributed by atoms with E-state index >= 15 is 0 Å². The van der Waals surface area contributed by atoms with Crippen LogP contribution in [0.2, 0.25) is 0 Å². The zero-order valence-electron chi connectivity index (χ0n) is 18.2. The molecular weight excluding hydrogens is 418 g/mol. The molecule has 176 valence electrons. The van der Waals surface area contributed by atoms with Gasteiger partial charge < -0.3 is 32.5 Å². The molecule has 0 heterocycles. The fourth-order valence-corrected chi connectivity index (χ4v) is 2.81. The molecule has 1 aromatic rings. The maximum Gasteiger partial charge on any atom is 0.322 e. The van der Waals surface area contributed by atoms with E-state index in [-0.39, 0.29) is 12.3 Å². The Balaban J connectivity index is 3.01. The van der Waals surface area contributed by atoms with Crippen molar-refractivity contribution in [2.75, 3.05) is 6.54 Å². The highest BCUT2D eigenvalue weighted by atomic mass is 16.4. The first-order valence-electron chi connectivity index (χ1n) is 10.2. The molecular formula is C21H31N5O6. The van der Waals surface area contributed by atoms with Crippen molar-refractivity contribution in [3.05, 3.63) is 35.9 Å². The smallest absolute Gasteiger partial charge is 0.322 e. The first-order valence-corrected chi connectivity index (χ1v) is 10.2. The molecule has 11 nitrogen and oxygen atoms in total. The Morgan fingerprint density at radius 1 is 0.969 bits per heavy atom. The normalized spacial score (nSPS) is 14.3. The largest absolute Gasteiger partial charge is 0.480 e. The molecule has 1 rings (SSSR count). The summed E-state index contributed by atoms with van der Waals surface area (Å²) in [5, 5.41) is 15.9. The van der Waals surface area contributed by atoms with Crippen molar-refractivity contribution in [3.63, 3.8) is 0 Å². The van der Waals surface area contributed by atoms with Crippen molar-refractivity contribution in [1.29, 1.82) is 0 Å². The number of carboxylic acids is 1. The van der Waals surface area contributed by atoms with Crippen LogP contribution in [0.3, 0.4) is 0 Å². The first kappa shape index (κ1) is 26.6. The summed E-state index contributed by atoms with van der Waals surface area (Å²) in [5.41, 5.74) is 11.8. The minimum Gasteiger partial charge on any atom is -0.480 e.